The van der Waals surface area contributed by atoms with E-state index in [1.165, 1.54) is 13.8 Å². The highest BCUT2D eigenvalue weighted by atomic mass is 16.6. The van der Waals surface area contributed by atoms with Crippen molar-refractivity contribution in [1.82, 2.24) is 0 Å². The summed E-state index contributed by atoms with van der Waals surface area (Å²) in [5, 5.41) is 19.5. The van der Waals surface area contributed by atoms with Gasteiger partial charge in [0.2, 0.25) is 5.60 Å². The molecule has 13 aliphatic rings. The first kappa shape index (κ1) is 76.3. The van der Waals surface area contributed by atoms with Crippen molar-refractivity contribution in [2.75, 3.05) is 26.4 Å². The van der Waals surface area contributed by atoms with Gasteiger partial charge in [0.05, 0.1) is 58.0 Å². The molecule has 4 aliphatic heterocycles. The quantitative estimate of drug-likeness (QED) is 0.0556. The molecule has 4 saturated heterocycles. The van der Waals surface area contributed by atoms with E-state index < -0.39 is 116 Å². The van der Waals surface area contributed by atoms with E-state index in [-0.39, 0.29) is 139 Å². The average molecular weight is 1420 g/mol. The molecule has 556 valence electrons. The lowest BCUT2D eigenvalue weighted by Crippen LogP contribution is -2.54. The average Bonchev–Trinajstić information content (AvgIpc) is 1.49. The van der Waals surface area contributed by atoms with Crippen molar-refractivity contribution in [1.29, 1.82) is 10.5 Å². The van der Waals surface area contributed by atoms with Gasteiger partial charge in [0, 0.05) is 46.8 Å². The van der Waals surface area contributed by atoms with Gasteiger partial charge >= 0.3 is 71.6 Å². The Labute approximate surface area is 590 Å². The van der Waals surface area contributed by atoms with Crippen LogP contribution in [0.15, 0.2) is 0 Å². The first-order valence-electron chi connectivity index (χ1n) is 36.6. The first-order chi connectivity index (χ1) is 47.4. The lowest BCUT2D eigenvalue weighted by Gasteiger charge is -2.48. The summed E-state index contributed by atoms with van der Waals surface area (Å²) in [5.74, 6) is -5.36. The molecule has 8 bridgehead atoms. The lowest BCUT2D eigenvalue weighted by molar-refractivity contribution is -0.192. The van der Waals surface area contributed by atoms with Gasteiger partial charge in [-0.2, -0.15) is 10.5 Å². The largest absolute Gasteiger partial charge is 0.465 e. The SMILES string of the molecule is CCC(C)(C)C(=O)OC(C)(C)C(=O)OC1C2CC3C1OC(=O)C3(C#N)C2.CCC(C)(C)C(=O)OCC(=O)OC1C2OC(=O)C3(C#N)C2CC1C31CCCCC1.CCC(C)(C)C(=O)OCCC(=O)OC1C2CC3C(=O)OC1C3C2.CCC(C)(C)C(=O)OCCOC(=O)C1C2CC3OC(=O)C1C3C2. The van der Waals surface area contributed by atoms with Gasteiger partial charge < -0.3 is 56.8 Å². The van der Waals surface area contributed by atoms with E-state index in [0.717, 1.165) is 57.8 Å². The number of nitriles is 2. The molecule has 9 aliphatic carbocycles. The minimum atomic E-state index is -1.44. The van der Waals surface area contributed by atoms with Gasteiger partial charge in [-0.15, -0.1) is 0 Å². The molecule has 4 heterocycles. The molecule has 0 N–H and O–H groups in total. The summed E-state index contributed by atoms with van der Waals surface area (Å²) in [6, 6.07) is 4.48. The van der Waals surface area contributed by atoms with Crippen LogP contribution in [0, 0.1) is 126 Å². The Balaban J connectivity index is 0.000000146. The molecule has 0 radical (unpaired) electrons. The zero-order valence-electron chi connectivity index (χ0n) is 60.9. The molecule has 13 rings (SSSR count). The van der Waals surface area contributed by atoms with E-state index in [1.54, 1.807) is 27.7 Å². The molecule has 0 aromatic rings. The van der Waals surface area contributed by atoms with Gasteiger partial charge in [-0.05, 0) is 159 Å². The minimum Gasteiger partial charge on any atom is -0.465 e. The van der Waals surface area contributed by atoms with E-state index in [9.17, 15) is 68.1 Å². The maximum atomic E-state index is 12.9. The predicted molar refractivity (Wildman–Crippen MR) is 346 cm³/mol. The fourth-order valence-electron chi connectivity index (χ4n) is 18.3. The van der Waals surface area contributed by atoms with E-state index in [2.05, 4.69) is 12.1 Å². The van der Waals surface area contributed by atoms with Crippen LogP contribution in [0.3, 0.4) is 0 Å². The molecule has 0 aromatic carbocycles. The second-order valence-electron chi connectivity index (χ2n) is 33.4. The summed E-state index contributed by atoms with van der Waals surface area (Å²) < 4.78 is 64.6. The van der Waals surface area contributed by atoms with Crippen molar-refractivity contribution in [2.24, 2.45) is 103 Å². The van der Waals surface area contributed by atoms with Crippen LogP contribution in [-0.4, -0.2) is 146 Å². The number of hydrogen-bond donors (Lipinski definition) is 0. The van der Waals surface area contributed by atoms with Crippen molar-refractivity contribution in [3.8, 4) is 12.1 Å². The normalized spacial score (nSPS) is 35.2. The third-order valence-electron chi connectivity index (χ3n) is 25.9. The van der Waals surface area contributed by atoms with Crippen LogP contribution in [0.25, 0.3) is 0 Å². The van der Waals surface area contributed by atoms with E-state index in [4.69, 9.17) is 56.8 Å². The predicted octanol–water partition coefficient (Wildman–Crippen LogP) is 8.60. The molecule has 101 heavy (non-hydrogen) atoms. The van der Waals surface area contributed by atoms with Crippen molar-refractivity contribution < 1.29 is 114 Å². The molecule has 26 nitrogen and oxygen atoms in total. The Morgan fingerprint density at radius 2 is 1.05 bits per heavy atom. The van der Waals surface area contributed by atoms with Crippen LogP contribution in [0.5, 0.6) is 0 Å². The zero-order chi connectivity index (χ0) is 74.1. The molecule has 0 aromatic heterocycles. The molecule has 20 atom stereocenters. The number of nitrogens with zero attached hydrogens (tertiary/aromatic N) is 2. The third-order valence-corrected chi connectivity index (χ3v) is 25.9. The van der Waals surface area contributed by atoms with Gasteiger partial charge in [-0.1, -0.05) is 47.0 Å². The number of esters is 12. The molecule has 13 fully saturated rings. The summed E-state index contributed by atoms with van der Waals surface area (Å²) in [5.41, 5.74) is -6.52. The Kier molecular flexibility index (Phi) is 21.4. The summed E-state index contributed by atoms with van der Waals surface area (Å²) in [4.78, 5) is 146. The van der Waals surface area contributed by atoms with Crippen LogP contribution in [-0.2, 0) is 114 Å². The molecule has 26 heteroatoms. The number of carbonyl (C=O) groups is 12. The van der Waals surface area contributed by atoms with Gasteiger partial charge in [0.15, 0.2) is 17.4 Å². The second-order valence-corrected chi connectivity index (χ2v) is 33.4. The number of rotatable bonds is 22. The monoisotopic (exact) mass is 1410 g/mol. The number of hydrogen-bond acceptors (Lipinski definition) is 26. The fraction of sp³-hybridized carbons (Fsp3) is 0.813. The lowest BCUT2D eigenvalue weighted by atomic mass is 9.51. The van der Waals surface area contributed by atoms with E-state index in [0.29, 0.717) is 44.9 Å². The van der Waals surface area contributed by atoms with Gasteiger partial charge in [0.1, 0.15) is 62.5 Å². The van der Waals surface area contributed by atoms with Gasteiger partial charge in [-0.3, -0.25) is 47.9 Å². The number of fused-ring (bicyclic) bond motifs is 6. The summed E-state index contributed by atoms with van der Waals surface area (Å²) in [6.45, 7) is 24.5. The van der Waals surface area contributed by atoms with Crippen LogP contribution in [0.1, 0.15) is 206 Å². The van der Waals surface area contributed by atoms with Crippen LogP contribution in [0.4, 0.5) is 0 Å². The molecular formula is C75H102N2O24. The van der Waals surface area contributed by atoms with E-state index in [1.807, 2.05) is 55.4 Å². The van der Waals surface area contributed by atoms with Crippen molar-refractivity contribution in [2.45, 2.75) is 254 Å². The summed E-state index contributed by atoms with van der Waals surface area (Å²) in [7, 11) is 0. The Morgan fingerprint density at radius 3 is 1.66 bits per heavy atom. The molecule has 20 unspecified atom stereocenters. The minimum absolute atomic E-state index is 0.0113. The summed E-state index contributed by atoms with van der Waals surface area (Å²) in [6.07, 6.45) is 9.27. The van der Waals surface area contributed by atoms with E-state index >= 15 is 0 Å². The zero-order valence-corrected chi connectivity index (χ0v) is 60.9. The van der Waals surface area contributed by atoms with Gasteiger partial charge in [0.25, 0.3) is 0 Å². The molecule has 0 amide bonds. The summed E-state index contributed by atoms with van der Waals surface area (Å²) >= 11 is 0. The highest BCUT2D eigenvalue weighted by Crippen LogP contribution is 2.75. The Bertz CT molecular complexity index is 3400. The van der Waals surface area contributed by atoms with Crippen molar-refractivity contribution >= 4 is 71.6 Å². The molecular weight excluding hydrogens is 1310 g/mol. The van der Waals surface area contributed by atoms with Crippen LogP contribution < -0.4 is 0 Å². The fourth-order valence-corrected chi connectivity index (χ4v) is 18.3. The third kappa shape index (κ3) is 13.5. The highest BCUT2D eigenvalue weighted by molar-refractivity contribution is 5.89. The smallest absolute Gasteiger partial charge is 0.350 e. The highest BCUT2D eigenvalue weighted by Gasteiger charge is 2.82. The standard InChI is InChI=1S/C22H29NO6.C19H25NO6.2C17H24O6/c1-4-20(2,3)18(25)27-11-15(24)28-16-13-10-14-17(16)29-19(26)22(14,12-23)21(13)8-6-5-7-9-21;1-6-17(2,3)14(21)26-18(4,5)15(22)24-12-10-7-11-13(12)25-16(23)19(11,8-10)9-20;1-4-17(2,3)16(20)22-6-5-21-14(18)12-9-7-10-11(8-9)23-15(19)13(10)12;1-4-17(2,3)16(20)21-6-5-12(18)22-13-9-7-10-11(8-9)15(19)23-14(10)13/h13-14,16-17H,4-11H2,1-3H3;10-13H,6-8H2,1-5H3;9-13H,4-8H2,1-3H3;9-11,13-14H,4-8H2,1-3H3. The number of ether oxygens (including phenoxy) is 12. The maximum Gasteiger partial charge on any atom is 0.350 e. The number of carbonyl (C=O) groups excluding carboxylic acids is 12. The van der Waals surface area contributed by atoms with Crippen molar-refractivity contribution in [3.05, 3.63) is 0 Å². The topological polar surface area (TPSA) is 363 Å². The first-order valence-corrected chi connectivity index (χ1v) is 36.6. The molecule has 9 saturated carbocycles. The van der Waals surface area contributed by atoms with Crippen molar-refractivity contribution in [3.63, 3.8) is 0 Å². The Morgan fingerprint density at radius 1 is 0.495 bits per heavy atom. The van der Waals surface area contributed by atoms with Crippen LogP contribution in [0.2, 0.25) is 0 Å². The molecule has 1 spiro atoms. The Hall–Kier alpha value is -7.38. The maximum absolute atomic E-state index is 12.9. The second kappa shape index (κ2) is 28.3. The van der Waals surface area contributed by atoms with Crippen LogP contribution >= 0.6 is 0 Å². The van der Waals surface area contributed by atoms with Gasteiger partial charge in [-0.25, -0.2) is 9.59 Å².